The maximum atomic E-state index is 5.57. The first-order valence-electron chi connectivity index (χ1n) is 4.96. The first-order valence-corrected chi connectivity index (χ1v) is 4.96. The molecule has 0 unspecified atom stereocenters. The Morgan fingerprint density at radius 1 is 1.27 bits per heavy atom. The highest BCUT2D eigenvalue weighted by molar-refractivity contribution is 5.52. The van der Waals surface area contributed by atoms with Gasteiger partial charge in [0.05, 0.1) is 19.6 Å². The van der Waals surface area contributed by atoms with Crippen LogP contribution in [0.2, 0.25) is 0 Å². The van der Waals surface area contributed by atoms with Crippen LogP contribution < -0.4 is 9.47 Å². The molecule has 1 aromatic carbocycles. The number of hydrogen-bond acceptors (Lipinski definition) is 2. The van der Waals surface area contributed by atoms with Crippen molar-refractivity contribution in [1.29, 1.82) is 0 Å². The molecule has 0 aromatic heterocycles. The molecule has 0 heterocycles. The summed E-state index contributed by atoms with van der Waals surface area (Å²) in [5.74, 6) is 4.54. The van der Waals surface area contributed by atoms with E-state index < -0.39 is 0 Å². The van der Waals surface area contributed by atoms with Gasteiger partial charge in [-0.25, -0.2) is 0 Å². The van der Waals surface area contributed by atoms with Gasteiger partial charge in [-0.15, -0.1) is 6.42 Å². The van der Waals surface area contributed by atoms with E-state index in [9.17, 15) is 0 Å². The van der Waals surface area contributed by atoms with Crippen molar-refractivity contribution in [3.05, 3.63) is 23.8 Å². The van der Waals surface area contributed by atoms with Gasteiger partial charge in [0.15, 0.2) is 0 Å². The largest absolute Gasteiger partial charge is 0.497 e. The summed E-state index contributed by atoms with van der Waals surface area (Å²) in [6, 6.07) is 5.77. The molecule has 78 valence electrons. The Morgan fingerprint density at radius 2 is 2.00 bits per heavy atom. The second kappa shape index (κ2) is 3.51. The zero-order chi connectivity index (χ0) is 10.9. The molecule has 0 saturated heterocycles. The van der Waals surface area contributed by atoms with E-state index in [0.29, 0.717) is 0 Å². The molecule has 0 aliphatic heterocycles. The molecule has 2 nitrogen and oxygen atoms in total. The smallest absolute Gasteiger partial charge is 0.123 e. The van der Waals surface area contributed by atoms with Crippen molar-refractivity contribution in [1.82, 2.24) is 0 Å². The van der Waals surface area contributed by atoms with Gasteiger partial charge in [-0.3, -0.25) is 0 Å². The standard InChI is InChI=1S/C13H14O2/c1-4-13(7-8-13)11-9-10(14-2)5-6-12(11)15-3/h1,5-6,9H,7-8H2,2-3H3. The maximum absolute atomic E-state index is 5.57. The summed E-state index contributed by atoms with van der Waals surface area (Å²) in [6.45, 7) is 0. The van der Waals surface area contributed by atoms with Crippen LogP contribution in [0, 0.1) is 12.3 Å². The average Bonchev–Trinajstić information content (AvgIpc) is 3.09. The summed E-state index contributed by atoms with van der Waals surface area (Å²) in [5.41, 5.74) is 0.965. The van der Waals surface area contributed by atoms with Crippen molar-refractivity contribution in [2.75, 3.05) is 14.2 Å². The molecule has 1 aromatic rings. The minimum atomic E-state index is -0.111. The zero-order valence-corrected chi connectivity index (χ0v) is 9.04. The molecule has 1 aliphatic carbocycles. The SMILES string of the molecule is C#CC1(c2cc(OC)ccc2OC)CC1. The van der Waals surface area contributed by atoms with E-state index in [4.69, 9.17) is 15.9 Å². The number of ether oxygens (including phenoxy) is 2. The van der Waals surface area contributed by atoms with Crippen LogP contribution >= 0.6 is 0 Å². The lowest BCUT2D eigenvalue weighted by atomic mass is 9.96. The molecule has 0 spiro atoms. The van der Waals surface area contributed by atoms with Crippen molar-refractivity contribution in [2.45, 2.75) is 18.3 Å². The Hall–Kier alpha value is -1.62. The van der Waals surface area contributed by atoms with Gasteiger partial charge in [0, 0.05) is 5.56 Å². The van der Waals surface area contributed by atoms with E-state index >= 15 is 0 Å². The van der Waals surface area contributed by atoms with Crippen molar-refractivity contribution in [3.63, 3.8) is 0 Å². The van der Waals surface area contributed by atoms with E-state index in [1.165, 1.54) is 0 Å². The van der Waals surface area contributed by atoms with Gasteiger partial charge in [0.25, 0.3) is 0 Å². The minimum absolute atomic E-state index is 0.111. The van der Waals surface area contributed by atoms with Gasteiger partial charge in [-0.05, 0) is 31.0 Å². The van der Waals surface area contributed by atoms with Gasteiger partial charge in [0.2, 0.25) is 0 Å². The molecule has 0 amide bonds. The van der Waals surface area contributed by atoms with Gasteiger partial charge in [-0.2, -0.15) is 0 Å². The number of terminal acetylenes is 1. The highest BCUT2D eigenvalue weighted by atomic mass is 16.5. The van der Waals surface area contributed by atoms with E-state index in [2.05, 4.69) is 5.92 Å². The lowest BCUT2D eigenvalue weighted by molar-refractivity contribution is 0.397. The second-order valence-electron chi connectivity index (χ2n) is 3.79. The summed E-state index contributed by atoms with van der Waals surface area (Å²) in [6.07, 6.45) is 7.64. The molecule has 0 radical (unpaired) electrons. The van der Waals surface area contributed by atoms with Crippen LogP contribution in [0.5, 0.6) is 11.5 Å². The third kappa shape index (κ3) is 1.55. The Kier molecular flexibility index (Phi) is 2.32. The van der Waals surface area contributed by atoms with Gasteiger partial charge < -0.3 is 9.47 Å². The van der Waals surface area contributed by atoms with E-state index in [1.807, 2.05) is 18.2 Å². The van der Waals surface area contributed by atoms with Crippen LogP contribution in [-0.4, -0.2) is 14.2 Å². The molecule has 2 rings (SSSR count). The fourth-order valence-electron chi connectivity index (χ4n) is 1.80. The van der Waals surface area contributed by atoms with E-state index in [-0.39, 0.29) is 5.41 Å². The first kappa shape index (κ1) is 9.92. The Balaban J connectivity index is 2.48. The molecular weight excluding hydrogens is 188 g/mol. The second-order valence-corrected chi connectivity index (χ2v) is 3.79. The van der Waals surface area contributed by atoms with Crippen LogP contribution in [0.4, 0.5) is 0 Å². The van der Waals surface area contributed by atoms with Crippen LogP contribution in [0.25, 0.3) is 0 Å². The Labute approximate surface area is 90.2 Å². The quantitative estimate of drug-likeness (QED) is 0.700. The Bertz CT molecular complexity index is 411. The fraction of sp³-hybridized carbons (Fsp3) is 0.385. The van der Waals surface area contributed by atoms with Crippen molar-refractivity contribution in [3.8, 4) is 23.8 Å². The summed E-state index contributed by atoms with van der Waals surface area (Å²) in [7, 11) is 3.32. The van der Waals surface area contributed by atoms with Crippen LogP contribution in [-0.2, 0) is 5.41 Å². The maximum Gasteiger partial charge on any atom is 0.123 e. The van der Waals surface area contributed by atoms with Gasteiger partial charge in [-0.1, -0.05) is 5.92 Å². The lowest BCUT2D eigenvalue weighted by Gasteiger charge is -2.14. The lowest BCUT2D eigenvalue weighted by Crippen LogP contribution is -2.05. The van der Waals surface area contributed by atoms with Crippen LogP contribution in [0.3, 0.4) is 0 Å². The molecule has 1 aliphatic rings. The van der Waals surface area contributed by atoms with Gasteiger partial charge in [0.1, 0.15) is 11.5 Å². The zero-order valence-electron chi connectivity index (χ0n) is 9.04. The predicted molar refractivity (Wildman–Crippen MR) is 59.3 cm³/mol. The molecule has 0 bridgehead atoms. The van der Waals surface area contributed by atoms with E-state index in [1.54, 1.807) is 14.2 Å². The van der Waals surface area contributed by atoms with Crippen LogP contribution in [0.15, 0.2) is 18.2 Å². The third-order valence-electron chi connectivity index (χ3n) is 2.95. The molecule has 0 atom stereocenters. The normalized spacial score (nSPS) is 16.6. The number of rotatable bonds is 3. The Morgan fingerprint density at radius 3 is 2.47 bits per heavy atom. The van der Waals surface area contributed by atoms with E-state index in [0.717, 1.165) is 29.9 Å². The fourth-order valence-corrected chi connectivity index (χ4v) is 1.80. The topological polar surface area (TPSA) is 18.5 Å². The molecule has 15 heavy (non-hydrogen) atoms. The number of hydrogen-bond donors (Lipinski definition) is 0. The molecular formula is C13H14O2. The summed E-state index contributed by atoms with van der Waals surface area (Å²) in [5, 5.41) is 0. The highest BCUT2D eigenvalue weighted by Gasteiger charge is 2.44. The summed E-state index contributed by atoms with van der Waals surface area (Å²) < 4.78 is 10.5. The van der Waals surface area contributed by atoms with Gasteiger partial charge >= 0.3 is 0 Å². The summed E-state index contributed by atoms with van der Waals surface area (Å²) in [4.78, 5) is 0. The predicted octanol–water partition coefficient (Wildman–Crippen LogP) is 2.37. The van der Waals surface area contributed by atoms with Crippen molar-refractivity contribution in [2.24, 2.45) is 0 Å². The molecule has 0 N–H and O–H groups in total. The molecule has 2 heteroatoms. The minimum Gasteiger partial charge on any atom is -0.497 e. The first-order chi connectivity index (χ1) is 7.25. The van der Waals surface area contributed by atoms with Crippen LogP contribution in [0.1, 0.15) is 18.4 Å². The number of methoxy groups -OCH3 is 2. The monoisotopic (exact) mass is 202 g/mol. The average molecular weight is 202 g/mol. The molecule has 1 fully saturated rings. The van der Waals surface area contributed by atoms with Crippen molar-refractivity contribution >= 4 is 0 Å². The highest BCUT2D eigenvalue weighted by Crippen LogP contribution is 2.51. The third-order valence-corrected chi connectivity index (χ3v) is 2.95. The molecule has 1 saturated carbocycles. The van der Waals surface area contributed by atoms with Crippen molar-refractivity contribution < 1.29 is 9.47 Å². The summed E-state index contributed by atoms with van der Waals surface area (Å²) >= 11 is 0. The number of benzene rings is 1.